The fraction of sp³-hybridized carbons (Fsp3) is 0.214. The van der Waals surface area contributed by atoms with Gasteiger partial charge in [-0.2, -0.15) is 8.42 Å². The van der Waals surface area contributed by atoms with Gasteiger partial charge in [0.1, 0.15) is 4.90 Å². The molecule has 0 aliphatic rings. The van der Waals surface area contributed by atoms with Gasteiger partial charge in [0.15, 0.2) is 0 Å². The first-order chi connectivity index (χ1) is 8.86. The first kappa shape index (κ1) is 15.2. The summed E-state index contributed by atoms with van der Waals surface area (Å²) in [6, 6.07) is 6.38. The zero-order chi connectivity index (χ0) is 14.5. The lowest BCUT2D eigenvalue weighted by Gasteiger charge is -2.03. The molecule has 1 rings (SSSR count). The zero-order valence-electron chi connectivity index (χ0n) is 11.3. The lowest BCUT2D eigenvalue weighted by atomic mass is 10.2. The molecule has 102 valence electrons. The number of benzene rings is 1. The minimum Gasteiger partial charge on any atom is -0.265 e. The largest absolute Gasteiger partial charge is 0.358 e. The van der Waals surface area contributed by atoms with Crippen molar-refractivity contribution in [1.82, 2.24) is 0 Å². The summed E-state index contributed by atoms with van der Waals surface area (Å²) in [4.78, 5) is 0.0833. The Morgan fingerprint density at radius 1 is 1.26 bits per heavy atom. The lowest BCUT2D eigenvalue weighted by molar-refractivity contribution is 0.338. The Hall–Kier alpha value is -1.88. The number of rotatable bonds is 5. The Kier molecular flexibility index (Phi) is 5.06. The lowest BCUT2D eigenvalue weighted by Crippen LogP contribution is -2.05. The second-order valence-electron chi connectivity index (χ2n) is 4.10. The predicted octanol–water partition coefficient (Wildman–Crippen LogP) is 3.21. The molecule has 0 amide bonds. The van der Waals surface area contributed by atoms with E-state index in [0.29, 0.717) is 5.71 Å². The van der Waals surface area contributed by atoms with Gasteiger partial charge in [-0.05, 0) is 38.5 Å². The molecule has 0 aromatic heterocycles. The Morgan fingerprint density at radius 2 is 1.84 bits per heavy atom. The molecule has 5 heteroatoms. The Bertz CT molecular complexity index is 611. The molecule has 0 unspecified atom stereocenters. The third-order valence-corrected chi connectivity index (χ3v) is 3.64. The van der Waals surface area contributed by atoms with Gasteiger partial charge < -0.3 is 0 Å². The van der Waals surface area contributed by atoms with Crippen LogP contribution in [0.15, 0.2) is 58.6 Å². The van der Waals surface area contributed by atoms with Gasteiger partial charge in [-0.15, -0.1) is 0 Å². The highest BCUT2D eigenvalue weighted by molar-refractivity contribution is 7.86. The molecule has 0 radical (unpaired) electrons. The summed E-state index contributed by atoms with van der Waals surface area (Å²) >= 11 is 0. The molecule has 0 bridgehead atoms. The molecular weight excluding hydrogens is 262 g/mol. The molecule has 0 aliphatic carbocycles. The van der Waals surface area contributed by atoms with Crippen LogP contribution >= 0.6 is 0 Å². The van der Waals surface area contributed by atoms with Crippen LogP contribution in [0.1, 0.15) is 19.4 Å². The van der Waals surface area contributed by atoms with Crippen LogP contribution < -0.4 is 0 Å². The summed E-state index contributed by atoms with van der Waals surface area (Å²) in [6.45, 7) is 8.90. The van der Waals surface area contributed by atoms with E-state index in [-0.39, 0.29) is 4.90 Å². The maximum Gasteiger partial charge on any atom is 0.358 e. The molecular formula is C14H17NO3S. The Labute approximate surface area is 114 Å². The van der Waals surface area contributed by atoms with E-state index in [9.17, 15) is 8.42 Å². The van der Waals surface area contributed by atoms with E-state index in [0.717, 1.165) is 11.1 Å². The standard InChI is InChI=1S/C14H17NO3S/c1-5-6-12(3)13(4)15-18-19(16,17)14-9-7-11(2)8-10-14/h5-10H,1H2,2-4H3/b12-6+,15-13+. The first-order valence-corrected chi connectivity index (χ1v) is 7.12. The first-order valence-electron chi connectivity index (χ1n) is 5.71. The number of hydrogen-bond acceptors (Lipinski definition) is 4. The third kappa shape index (κ3) is 4.37. The van der Waals surface area contributed by atoms with Crippen molar-refractivity contribution in [1.29, 1.82) is 0 Å². The highest BCUT2D eigenvalue weighted by Crippen LogP contribution is 2.14. The van der Waals surface area contributed by atoms with Crippen LogP contribution in [-0.4, -0.2) is 14.1 Å². The molecule has 0 N–H and O–H groups in total. The van der Waals surface area contributed by atoms with Gasteiger partial charge in [0, 0.05) is 0 Å². The van der Waals surface area contributed by atoms with Gasteiger partial charge in [0.2, 0.25) is 0 Å². The summed E-state index contributed by atoms with van der Waals surface area (Å²) in [5.41, 5.74) is 2.24. The minimum atomic E-state index is -3.86. The maximum absolute atomic E-state index is 11.9. The van der Waals surface area contributed by atoms with Crippen LogP contribution in [0.4, 0.5) is 0 Å². The van der Waals surface area contributed by atoms with E-state index < -0.39 is 10.1 Å². The topological polar surface area (TPSA) is 55.7 Å². The van der Waals surface area contributed by atoms with E-state index >= 15 is 0 Å². The molecule has 4 nitrogen and oxygen atoms in total. The van der Waals surface area contributed by atoms with Crippen molar-refractivity contribution in [2.24, 2.45) is 5.16 Å². The summed E-state index contributed by atoms with van der Waals surface area (Å²) < 4.78 is 28.4. The second kappa shape index (κ2) is 6.33. The molecule has 0 spiro atoms. The van der Waals surface area contributed by atoms with Crippen molar-refractivity contribution in [2.75, 3.05) is 0 Å². The van der Waals surface area contributed by atoms with Gasteiger partial charge in [-0.1, -0.05) is 41.6 Å². The minimum absolute atomic E-state index is 0.0833. The van der Waals surface area contributed by atoms with Crippen molar-refractivity contribution in [3.8, 4) is 0 Å². The van der Waals surface area contributed by atoms with Gasteiger partial charge in [0.05, 0.1) is 5.71 Å². The van der Waals surface area contributed by atoms with Crippen LogP contribution in [0.25, 0.3) is 0 Å². The molecule has 0 saturated carbocycles. The van der Waals surface area contributed by atoms with Crippen molar-refractivity contribution >= 4 is 15.8 Å². The van der Waals surface area contributed by atoms with Gasteiger partial charge >= 0.3 is 10.1 Å². The number of nitrogens with zero attached hydrogens (tertiary/aromatic N) is 1. The highest BCUT2D eigenvalue weighted by Gasteiger charge is 2.15. The zero-order valence-corrected chi connectivity index (χ0v) is 12.1. The van der Waals surface area contributed by atoms with Gasteiger partial charge in [0.25, 0.3) is 0 Å². The van der Waals surface area contributed by atoms with Crippen molar-refractivity contribution in [3.05, 3.63) is 54.1 Å². The van der Waals surface area contributed by atoms with Gasteiger partial charge in [-0.3, -0.25) is 4.28 Å². The van der Waals surface area contributed by atoms with E-state index in [4.69, 9.17) is 0 Å². The SMILES string of the molecule is C=C/C=C(C)/C(C)=N/OS(=O)(=O)c1ccc(C)cc1. The average Bonchev–Trinajstić information content (AvgIpc) is 2.37. The summed E-state index contributed by atoms with van der Waals surface area (Å²) in [5, 5.41) is 3.63. The normalized spacial score (nSPS) is 13.2. The Balaban J connectivity index is 2.92. The molecule has 0 aliphatic heterocycles. The highest BCUT2D eigenvalue weighted by atomic mass is 32.2. The quantitative estimate of drug-likeness (QED) is 0.472. The van der Waals surface area contributed by atoms with Crippen LogP contribution in [0, 0.1) is 6.92 Å². The van der Waals surface area contributed by atoms with Crippen LogP contribution in [0.5, 0.6) is 0 Å². The molecule has 0 fully saturated rings. The smallest absolute Gasteiger partial charge is 0.265 e. The molecule has 0 saturated heterocycles. The van der Waals surface area contributed by atoms with Crippen LogP contribution in [0.2, 0.25) is 0 Å². The van der Waals surface area contributed by atoms with Crippen molar-refractivity contribution in [2.45, 2.75) is 25.7 Å². The number of allylic oxidation sites excluding steroid dienone is 3. The third-order valence-electron chi connectivity index (χ3n) is 2.52. The number of oxime groups is 1. The van der Waals surface area contributed by atoms with E-state index in [1.165, 1.54) is 12.1 Å². The van der Waals surface area contributed by atoms with E-state index in [1.54, 1.807) is 38.1 Å². The van der Waals surface area contributed by atoms with E-state index in [2.05, 4.69) is 16.0 Å². The molecule has 0 atom stereocenters. The Morgan fingerprint density at radius 3 is 2.37 bits per heavy atom. The fourth-order valence-electron chi connectivity index (χ4n) is 1.22. The number of aryl methyl sites for hydroxylation is 1. The van der Waals surface area contributed by atoms with Gasteiger partial charge in [-0.25, -0.2) is 0 Å². The van der Waals surface area contributed by atoms with Crippen LogP contribution in [0.3, 0.4) is 0 Å². The molecule has 1 aromatic rings. The van der Waals surface area contributed by atoms with Crippen LogP contribution in [-0.2, 0) is 14.4 Å². The number of hydrogen-bond donors (Lipinski definition) is 0. The average molecular weight is 279 g/mol. The second-order valence-corrected chi connectivity index (χ2v) is 5.63. The summed E-state index contributed by atoms with van der Waals surface area (Å²) in [5.74, 6) is 0. The van der Waals surface area contributed by atoms with Crippen molar-refractivity contribution < 1.29 is 12.7 Å². The molecule has 0 heterocycles. The van der Waals surface area contributed by atoms with E-state index in [1.807, 2.05) is 6.92 Å². The maximum atomic E-state index is 11.9. The summed E-state index contributed by atoms with van der Waals surface area (Å²) in [7, 11) is -3.86. The molecule has 19 heavy (non-hydrogen) atoms. The van der Waals surface area contributed by atoms with Crippen molar-refractivity contribution in [3.63, 3.8) is 0 Å². The predicted molar refractivity (Wildman–Crippen MR) is 76.5 cm³/mol. The monoisotopic (exact) mass is 279 g/mol. The molecule has 1 aromatic carbocycles. The summed E-state index contributed by atoms with van der Waals surface area (Å²) in [6.07, 6.45) is 3.32. The fourth-order valence-corrected chi connectivity index (χ4v) is 1.99.